The predicted octanol–water partition coefficient (Wildman–Crippen LogP) is 1.85. The van der Waals surface area contributed by atoms with Crippen molar-refractivity contribution in [2.24, 2.45) is 15.9 Å². The van der Waals surface area contributed by atoms with E-state index >= 15 is 0 Å². The summed E-state index contributed by atoms with van der Waals surface area (Å²) in [6, 6.07) is 8.21. The van der Waals surface area contributed by atoms with Crippen molar-refractivity contribution in [3.8, 4) is 0 Å². The molecule has 3 nitrogen and oxygen atoms in total. The highest BCUT2D eigenvalue weighted by Crippen LogP contribution is 2.14. The largest absolute Gasteiger partial charge is 0.386 e. The van der Waals surface area contributed by atoms with E-state index in [1.807, 2.05) is 12.1 Å². The minimum atomic E-state index is 0.627. The molecule has 2 rings (SSSR count). The molecule has 0 atom stereocenters. The van der Waals surface area contributed by atoms with E-state index in [0.717, 1.165) is 18.6 Å². The van der Waals surface area contributed by atoms with Crippen LogP contribution < -0.4 is 5.73 Å². The third-order valence-corrected chi connectivity index (χ3v) is 2.37. The summed E-state index contributed by atoms with van der Waals surface area (Å²) in [4.78, 5) is 0. The summed E-state index contributed by atoms with van der Waals surface area (Å²) >= 11 is 0. The van der Waals surface area contributed by atoms with Crippen LogP contribution in [0.25, 0.3) is 0 Å². The fraction of sp³-hybridized carbons (Fsp3) is 0.273. The minimum Gasteiger partial charge on any atom is -0.386 e. The summed E-state index contributed by atoms with van der Waals surface area (Å²) in [7, 11) is 0. The zero-order valence-corrected chi connectivity index (χ0v) is 8.20. The molecule has 0 saturated carbocycles. The summed E-state index contributed by atoms with van der Waals surface area (Å²) in [5, 5.41) is 8.03. The van der Waals surface area contributed by atoms with Crippen molar-refractivity contribution in [2.45, 2.75) is 19.8 Å². The molecule has 0 fully saturated rings. The molecule has 0 aromatic heterocycles. The maximum Gasteiger partial charge on any atom is 0.122 e. The van der Waals surface area contributed by atoms with E-state index in [1.54, 1.807) is 0 Å². The van der Waals surface area contributed by atoms with Crippen LogP contribution in [0.5, 0.6) is 0 Å². The Labute approximate surface area is 83.4 Å². The number of nitrogens with two attached hydrogens (primary N) is 1. The lowest BCUT2D eigenvalue weighted by Gasteiger charge is -2.11. The molecule has 14 heavy (non-hydrogen) atoms. The van der Waals surface area contributed by atoms with Crippen molar-refractivity contribution in [1.29, 1.82) is 0 Å². The molecule has 0 saturated heterocycles. The molecule has 1 aromatic carbocycles. The van der Waals surface area contributed by atoms with Gasteiger partial charge in [-0.1, -0.05) is 24.3 Å². The zero-order valence-electron chi connectivity index (χ0n) is 8.20. The maximum absolute atomic E-state index is 5.56. The van der Waals surface area contributed by atoms with Gasteiger partial charge in [-0.15, -0.1) is 5.10 Å². The van der Waals surface area contributed by atoms with Gasteiger partial charge < -0.3 is 5.73 Å². The van der Waals surface area contributed by atoms with Crippen LogP contribution >= 0.6 is 0 Å². The highest BCUT2D eigenvalue weighted by Gasteiger charge is 2.10. The first-order valence-electron chi connectivity index (χ1n) is 4.72. The Hall–Kier alpha value is -1.64. The van der Waals surface area contributed by atoms with Gasteiger partial charge in [0.15, 0.2) is 0 Å². The fourth-order valence-electron chi connectivity index (χ4n) is 1.56. The average molecular weight is 187 g/mol. The zero-order chi connectivity index (χ0) is 9.97. The number of aryl methyl sites for hydroxylation is 1. The monoisotopic (exact) mass is 187 g/mol. The van der Waals surface area contributed by atoms with Crippen molar-refractivity contribution >= 4 is 11.5 Å². The normalized spacial score (nSPS) is 16.1. The quantitative estimate of drug-likeness (QED) is 0.716. The van der Waals surface area contributed by atoms with E-state index in [-0.39, 0.29) is 0 Å². The van der Waals surface area contributed by atoms with Crippen molar-refractivity contribution in [3.63, 3.8) is 0 Å². The highest BCUT2D eigenvalue weighted by atomic mass is 15.2. The van der Waals surface area contributed by atoms with Gasteiger partial charge in [-0.3, -0.25) is 0 Å². The van der Waals surface area contributed by atoms with Crippen LogP contribution in [0.1, 0.15) is 24.0 Å². The van der Waals surface area contributed by atoms with Gasteiger partial charge in [0.2, 0.25) is 0 Å². The first-order chi connectivity index (χ1) is 6.77. The number of nitrogens with zero attached hydrogens (tertiary/aromatic N) is 2. The van der Waals surface area contributed by atoms with Gasteiger partial charge in [0.1, 0.15) is 5.84 Å². The molecule has 1 aliphatic rings. The van der Waals surface area contributed by atoms with Crippen LogP contribution in [0.3, 0.4) is 0 Å². The second-order valence-electron chi connectivity index (χ2n) is 3.45. The lowest BCUT2D eigenvalue weighted by Crippen LogP contribution is -2.18. The van der Waals surface area contributed by atoms with Gasteiger partial charge in [0.25, 0.3) is 0 Å². The van der Waals surface area contributed by atoms with Gasteiger partial charge in [0, 0.05) is 12.0 Å². The van der Waals surface area contributed by atoms with Crippen molar-refractivity contribution in [1.82, 2.24) is 0 Å². The second-order valence-corrected chi connectivity index (χ2v) is 3.45. The average Bonchev–Trinajstić information content (AvgIpc) is 2.20. The molecule has 0 unspecified atom stereocenters. The van der Waals surface area contributed by atoms with Crippen molar-refractivity contribution in [3.05, 3.63) is 35.4 Å². The second kappa shape index (κ2) is 3.62. The van der Waals surface area contributed by atoms with E-state index in [9.17, 15) is 0 Å². The Morgan fingerprint density at radius 3 is 2.57 bits per heavy atom. The van der Waals surface area contributed by atoms with Gasteiger partial charge in [0.05, 0.1) is 5.71 Å². The van der Waals surface area contributed by atoms with Crippen molar-refractivity contribution < 1.29 is 0 Å². The standard InChI is InChI=1S/C11H13N3/c1-8-4-2-3-5-9(8)10-6-7-11(12)14-13-10/h2-5H,6-7H2,1H3,(H2,12,14). The van der Waals surface area contributed by atoms with E-state index in [4.69, 9.17) is 5.73 Å². The summed E-state index contributed by atoms with van der Waals surface area (Å²) in [5.41, 5.74) is 9.02. The topological polar surface area (TPSA) is 50.7 Å². The molecule has 72 valence electrons. The lowest BCUT2D eigenvalue weighted by atomic mass is 10.0. The Morgan fingerprint density at radius 1 is 1.14 bits per heavy atom. The molecule has 1 aromatic rings. The molecule has 0 spiro atoms. The number of benzene rings is 1. The van der Waals surface area contributed by atoms with Crippen LogP contribution in [-0.4, -0.2) is 11.5 Å². The third-order valence-electron chi connectivity index (χ3n) is 2.37. The molecule has 0 aliphatic carbocycles. The molecular formula is C11H13N3. The number of amidine groups is 1. The summed E-state index contributed by atoms with van der Waals surface area (Å²) < 4.78 is 0. The van der Waals surface area contributed by atoms with E-state index in [1.165, 1.54) is 11.1 Å². The Balaban J connectivity index is 2.37. The van der Waals surface area contributed by atoms with Gasteiger partial charge >= 0.3 is 0 Å². The van der Waals surface area contributed by atoms with Crippen LogP contribution in [0.2, 0.25) is 0 Å². The molecule has 1 aliphatic heterocycles. The lowest BCUT2D eigenvalue weighted by molar-refractivity contribution is 1.02. The number of rotatable bonds is 1. The summed E-state index contributed by atoms with van der Waals surface area (Å²) in [6.45, 7) is 2.08. The molecule has 2 N–H and O–H groups in total. The molecule has 0 radical (unpaired) electrons. The number of hydrogen-bond donors (Lipinski definition) is 1. The molecule has 1 heterocycles. The number of hydrogen-bond acceptors (Lipinski definition) is 3. The molecule has 0 bridgehead atoms. The third kappa shape index (κ3) is 1.66. The van der Waals surface area contributed by atoms with Gasteiger partial charge in [-0.05, 0) is 18.9 Å². The fourth-order valence-corrected chi connectivity index (χ4v) is 1.56. The molecular weight excluding hydrogens is 174 g/mol. The summed E-state index contributed by atoms with van der Waals surface area (Å²) in [6.07, 6.45) is 1.70. The van der Waals surface area contributed by atoms with E-state index < -0.39 is 0 Å². The van der Waals surface area contributed by atoms with E-state index in [0.29, 0.717) is 5.84 Å². The smallest absolute Gasteiger partial charge is 0.122 e. The predicted molar refractivity (Wildman–Crippen MR) is 58.6 cm³/mol. The van der Waals surface area contributed by atoms with E-state index in [2.05, 4.69) is 29.3 Å². The Morgan fingerprint density at radius 2 is 1.93 bits per heavy atom. The van der Waals surface area contributed by atoms with Crippen LogP contribution in [0.15, 0.2) is 34.5 Å². The maximum atomic E-state index is 5.56. The Kier molecular flexibility index (Phi) is 2.31. The first kappa shape index (κ1) is 8.94. The Bertz CT molecular complexity index is 405. The SMILES string of the molecule is Cc1ccccc1C1=NN=C(N)CC1. The first-order valence-corrected chi connectivity index (χ1v) is 4.72. The highest BCUT2D eigenvalue weighted by molar-refractivity contribution is 6.05. The summed E-state index contributed by atoms with van der Waals surface area (Å²) in [5.74, 6) is 0.627. The molecule has 0 amide bonds. The van der Waals surface area contributed by atoms with Crippen LogP contribution in [0.4, 0.5) is 0 Å². The van der Waals surface area contributed by atoms with Gasteiger partial charge in [-0.25, -0.2) is 0 Å². The van der Waals surface area contributed by atoms with Crippen molar-refractivity contribution in [2.75, 3.05) is 0 Å². The van der Waals surface area contributed by atoms with Crippen LogP contribution in [-0.2, 0) is 0 Å². The van der Waals surface area contributed by atoms with Gasteiger partial charge in [-0.2, -0.15) is 5.10 Å². The van der Waals surface area contributed by atoms with Crippen LogP contribution in [0, 0.1) is 6.92 Å². The molecule has 3 heteroatoms. The minimum absolute atomic E-state index is 0.627.